The lowest BCUT2D eigenvalue weighted by Gasteiger charge is -2.26. The van der Waals surface area contributed by atoms with Crippen molar-refractivity contribution < 1.29 is 9.90 Å². The molecule has 0 bridgehead atoms. The normalized spacial score (nSPS) is 14.0. The molecule has 1 heterocycles. The first-order chi connectivity index (χ1) is 11.5. The van der Waals surface area contributed by atoms with Crippen molar-refractivity contribution in [1.82, 2.24) is 0 Å². The molecule has 2 aromatic carbocycles. The molecule has 0 aromatic heterocycles. The van der Waals surface area contributed by atoms with Crippen molar-refractivity contribution >= 4 is 17.3 Å². The van der Waals surface area contributed by atoms with Crippen LogP contribution in [0.2, 0.25) is 0 Å². The minimum atomic E-state index is -0.201. The van der Waals surface area contributed by atoms with Gasteiger partial charge in [0.15, 0.2) is 0 Å². The molecule has 1 saturated heterocycles. The first-order valence-corrected chi connectivity index (χ1v) is 8.43. The second-order valence-corrected chi connectivity index (χ2v) is 6.56. The van der Waals surface area contributed by atoms with Crippen LogP contribution in [0, 0.1) is 20.8 Å². The zero-order valence-corrected chi connectivity index (χ0v) is 14.5. The molecule has 0 aliphatic carbocycles. The minimum absolute atomic E-state index is 0.0951. The van der Waals surface area contributed by atoms with Gasteiger partial charge in [0.2, 0.25) is 0 Å². The molecule has 3 rings (SSSR count). The molecule has 2 N–H and O–H groups in total. The van der Waals surface area contributed by atoms with Crippen LogP contribution in [0.15, 0.2) is 30.3 Å². The van der Waals surface area contributed by atoms with E-state index in [0.29, 0.717) is 5.56 Å². The zero-order chi connectivity index (χ0) is 17.3. The minimum Gasteiger partial charge on any atom is -0.508 e. The average molecular weight is 324 g/mol. The number of anilines is 2. The highest BCUT2D eigenvalue weighted by molar-refractivity contribution is 6.05. The summed E-state index contributed by atoms with van der Waals surface area (Å²) in [4.78, 5) is 15.0. The van der Waals surface area contributed by atoms with E-state index < -0.39 is 0 Å². The van der Waals surface area contributed by atoms with Gasteiger partial charge in [0, 0.05) is 30.0 Å². The lowest BCUT2D eigenvalue weighted by molar-refractivity contribution is 0.102. The Hall–Kier alpha value is -2.49. The number of nitrogens with one attached hydrogen (secondary N) is 1. The predicted molar refractivity (Wildman–Crippen MR) is 98.2 cm³/mol. The number of phenols is 1. The molecule has 1 aliphatic heterocycles. The largest absolute Gasteiger partial charge is 0.508 e. The Balaban J connectivity index is 1.95. The Morgan fingerprint density at radius 1 is 1.08 bits per heavy atom. The summed E-state index contributed by atoms with van der Waals surface area (Å²) in [6.07, 6.45) is 2.44. The summed E-state index contributed by atoms with van der Waals surface area (Å²) in [6, 6.07) is 8.56. The summed E-state index contributed by atoms with van der Waals surface area (Å²) < 4.78 is 0. The van der Waals surface area contributed by atoms with Gasteiger partial charge in [-0.05, 0) is 68.5 Å². The van der Waals surface area contributed by atoms with Crippen LogP contribution in [0.5, 0.6) is 5.75 Å². The Labute approximate surface area is 143 Å². The fraction of sp³-hybridized carbons (Fsp3) is 0.350. The highest BCUT2D eigenvalue weighted by Crippen LogP contribution is 2.35. The highest BCUT2D eigenvalue weighted by Gasteiger charge is 2.20. The number of carbonyl (C=O) groups excluding carboxylic acids is 1. The number of nitrogens with zero attached hydrogens (tertiary/aromatic N) is 1. The Morgan fingerprint density at radius 3 is 2.46 bits per heavy atom. The van der Waals surface area contributed by atoms with Gasteiger partial charge >= 0.3 is 0 Å². The van der Waals surface area contributed by atoms with Crippen LogP contribution in [0.1, 0.15) is 39.9 Å². The van der Waals surface area contributed by atoms with Crippen LogP contribution in [0.4, 0.5) is 11.4 Å². The van der Waals surface area contributed by atoms with Crippen LogP contribution < -0.4 is 10.2 Å². The van der Waals surface area contributed by atoms with Gasteiger partial charge in [-0.15, -0.1) is 0 Å². The second-order valence-electron chi connectivity index (χ2n) is 6.56. The van der Waals surface area contributed by atoms with Gasteiger partial charge in [0.1, 0.15) is 5.75 Å². The molecular weight excluding hydrogens is 300 g/mol. The van der Waals surface area contributed by atoms with E-state index in [9.17, 15) is 9.90 Å². The van der Waals surface area contributed by atoms with E-state index in [1.54, 1.807) is 18.2 Å². The molecule has 0 spiro atoms. The van der Waals surface area contributed by atoms with Gasteiger partial charge in [0.25, 0.3) is 5.91 Å². The van der Waals surface area contributed by atoms with E-state index in [1.807, 2.05) is 6.92 Å². The maximum atomic E-state index is 12.6. The number of carbonyl (C=O) groups is 1. The fourth-order valence-electron chi connectivity index (χ4n) is 3.63. The van der Waals surface area contributed by atoms with E-state index in [-0.39, 0.29) is 11.7 Å². The molecule has 1 amide bonds. The van der Waals surface area contributed by atoms with E-state index in [2.05, 4.69) is 30.1 Å². The summed E-state index contributed by atoms with van der Waals surface area (Å²) >= 11 is 0. The Kier molecular flexibility index (Phi) is 4.47. The zero-order valence-electron chi connectivity index (χ0n) is 14.5. The lowest BCUT2D eigenvalue weighted by Crippen LogP contribution is -2.22. The quantitative estimate of drug-likeness (QED) is 0.891. The number of aromatic hydroxyl groups is 1. The van der Waals surface area contributed by atoms with Crippen molar-refractivity contribution in [3.8, 4) is 5.75 Å². The van der Waals surface area contributed by atoms with Gasteiger partial charge in [-0.25, -0.2) is 0 Å². The fourth-order valence-corrected chi connectivity index (χ4v) is 3.63. The predicted octanol–water partition coefficient (Wildman–Crippen LogP) is 4.17. The van der Waals surface area contributed by atoms with Crippen LogP contribution in [-0.4, -0.2) is 24.1 Å². The molecule has 24 heavy (non-hydrogen) atoms. The highest BCUT2D eigenvalue weighted by atomic mass is 16.3. The van der Waals surface area contributed by atoms with Crippen molar-refractivity contribution in [2.24, 2.45) is 0 Å². The molecular formula is C20H24N2O2. The number of benzene rings is 2. The molecule has 0 unspecified atom stereocenters. The number of hydrogen-bond acceptors (Lipinski definition) is 3. The average Bonchev–Trinajstić information content (AvgIpc) is 3.05. The van der Waals surface area contributed by atoms with Crippen LogP contribution >= 0.6 is 0 Å². The molecule has 0 saturated carbocycles. The molecule has 0 atom stereocenters. The van der Waals surface area contributed by atoms with E-state index in [1.165, 1.54) is 30.2 Å². The maximum Gasteiger partial charge on any atom is 0.255 e. The van der Waals surface area contributed by atoms with Gasteiger partial charge < -0.3 is 15.3 Å². The van der Waals surface area contributed by atoms with Gasteiger partial charge in [-0.3, -0.25) is 4.79 Å². The smallest absolute Gasteiger partial charge is 0.255 e. The topological polar surface area (TPSA) is 52.6 Å². The first kappa shape index (κ1) is 16.4. The van der Waals surface area contributed by atoms with E-state index in [4.69, 9.17) is 0 Å². The molecule has 0 radical (unpaired) electrons. The molecule has 126 valence electrons. The molecule has 4 nitrogen and oxygen atoms in total. The third-order valence-electron chi connectivity index (χ3n) is 4.70. The monoisotopic (exact) mass is 324 g/mol. The summed E-state index contributed by atoms with van der Waals surface area (Å²) in [5.74, 6) is -0.105. The summed E-state index contributed by atoms with van der Waals surface area (Å²) in [5, 5.41) is 12.6. The molecule has 1 fully saturated rings. The second kappa shape index (κ2) is 6.56. The molecule has 2 aromatic rings. The summed E-state index contributed by atoms with van der Waals surface area (Å²) in [7, 11) is 0. The lowest BCUT2D eigenvalue weighted by atomic mass is 10.0. The van der Waals surface area contributed by atoms with Crippen molar-refractivity contribution in [1.29, 1.82) is 0 Å². The van der Waals surface area contributed by atoms with Crippen LogP contribution in [-0.2, 0) is 0 Å². The number of phenolic OH excluding ortho intramolecular Hbond substituents is 1. The Bertz CT molecular complexity index is 777. The van der Waals surface area contributed by atoms with Crippen LogP contribution in [0.25, 0.3) is 0 Å². The van der Waals surface area contributed by atoms with E-state index in [0.717, 1.165) is 29.9 Å². The van der Waals surface area contributed by atoms with Gasteiger partial charge in [-0.2, -0.15) is 0 Å². The number of hydrogen-bond donors (Lipinski definition) is 2. The molecule has 1 aliphatic rings. The summed E-state index contributed by atoms with van der Waals surface area (Å²) in [6.45, 7) is 8.38. The first-order valence-electron chi connectivity index (χ1n) is 8.43. The van der Waals surface area contributed by atoms with Crippen molar-refractivity contribution in [2.75, 3.05) is 23.3 Å². The van der Waals surface area contributed by atoms with Crippen LogP contribution in [0.3, 0.4) is 0 Å². The third kappa shape index (κ3) is 3.09. The number of rotatable bonds is 3. The molecule has 4 heteroatoms. The SMILES string of the molecule is Cc1cc(C)c(N2CCCC2)c(C)c1NC(=O)c1cccc(O)c1. The maximum absolute atomic E-state index is 12.6. The standard InChI is InChI=1S/C20H24N2O2/c1-13-11-14(2)19(22-9-4-5-10-22)15(3)18(13)21-20(24)16-7-6-8-17(23)12-16/h6-8,11-12,23H,4-5,9-10H2,1-3H3,(H,21,24). The summed E-state index contributed by atoms with van der Waals surface area (Å²) in [5.41, 5.74) is 5.99. The van der Waals surface area contributed by atoms with Gasteiger partial charge in [-0.1, -0.05) is 12.1 Å². The number of amides is 1. The number of aryl methyl sites for hydroxylation is 2. The van der Waals surface area contributed by atoms with Gasteiger partial charge in [0.05, 0.1) is 0 Å². The Morgan fingerprint density at radius 2 is 1.79 bits per heavy atom. The third-order valence-corrected chi connectivity index (χ3v) is 4.70. The van der Waals surface area contributed by atoms with E-state index >= 15 is 0 Å². The van der Waals surface area contributed by atoms with Crippen molar-refractivity contribution in [3.63, 3.8) is 0 Å². The van der Waals surface area contributed by atoms with Crippen molar-refractivity contribution in [2.45, 2.75) is 33.6 Å². The van der Waals surface area contributed by atoms with Crippen molar-refractivity contribution in [3.05, 3.63) is 52.6 Å².